The second kappa shape index (κ2) is 9.53. The molecule has 0 aliphatic heterocycles. The zero-order chi connectivity index (χ0) is 25.9. The molecule has 4 aromatic rings. The smallest absolute Gasteiger partial charge is 0.306 e. The Morgan fingerprint density at radius 2 is 1.26 bits per heavy atom. The molecule has 13 heteroatoms. The third-order valence-electron chi connectivity index (χ3n) is 4.87. The molecule has 0 atom stereocenters. The van der Waals surface area contributed by atoms with Crippen molar-refractivity contribution in [1.82, 2.24) is 0 Å². The summed E-state index contributed by atoms with van der Waals surface area (Å²) in [4.78, 5) is 0. The van der Waals surface area contributed by atoms with Crippen molar-refractivity contribution in [3.63, 3.8) is 0 Å². The zero-order valence-electron chi connectivity index (χ0n) is 17.8. The standard InChI is InChI=1S/C22H15I3O8S2/c1-34(28,29)32-11-3-4-12-13(7-11)15(24)8-17(26)20(12)22-18(27)9-16(25)14-5-10(23)6-19(21(14)22)33-35(2,30)31/h3-9,26-27H,1-2H3. The molecular formula is C22H15I3O8S2. The van der Waals surface area contributed by atoms with Gasteiger partial charge in [-0.25, -0.2) is 0 Å². The van der Waals surface area contributed by atoms with Crippen LogP contribution in [0.5, 0.6) is 23.0 Å². The number of aromatic hydroxyl groups is 2. The molecule has 0 radical (unpaired) electrons. The van der Waals surface area contributed by atoms with Crippen LogP contribution in [0.2, 0.25) is 0 Å². The molecule has 0 saturated heterocycles. The molecule has 0 saturated carbocycles. The van der Waals surface area contributed by atoms with Gasteiger partial charge in [0.15, 0.2) is 5.75 Å². The topological polar surface area (TPSA) is 127 Å². The number of hydrogen-bond donors (Lipinski definition) is 2. The first-order valence-electron chi connectivity index (χ1n) is 9.54. The molecule has 0 heterocycles. The second-order valence-electron chi connectivity index (χ2n) is 7.61. The zero-order valence-corrected chi connectivity index (χ0v) is 25.9. The third kappa shape index (κ3) is 5.67. The molecule has 0 aliphatic carbocycles. The first-order chi connectivity index (χ1) is 16.1. The van der Waals surface area contributed by atoms with Crippen molar-refractivity contribution in [3.8, 4) is 34.1 Å². The average molecular weight is 852 g/mol. The minimum Gasteiger partial charge on any atom is -0.507 e. The average Bonchev–Trinajstić information content (AvgIpc) is 2.68. The fourth-order valence-corrected chi connectivity index (χ4v) is 6.71. The Labute approximate surface area is 242 Å². The summed E-state index contributed by atoms with van der Waals surface area (Å²) in [5.74, 6) is -0.278. The maximum atomic E-state index is 12.0. The Hall–Kier alpha value is -1.31. The lowest BCUT2D eigenvalue weighted by molar-refractivity contribution is 0.469. The number of benzene rings is 4. The fraction of sp³-hybridized carbons (Fsp3) is 0.0909. The highest BCUT2D eigenvalue weighted by Gasteiger charge is 2.24. The van der Waals surface area contributed by atoms with Crippen LogP contribution >= 0.6 is 67.8 Å². The summed E-state index contributed by atoms with van der Waals surface area (Å²) >= 11 is 6.08. The van der Waals surface area contributed by atoms with Gasteiger partial charge in [-0.2, -0.15) is 16.8 Å². The van der Waals surface area contributed by atoms with E-state index < -0.39 is 20.2 Å². The quantitative estimate of drug-likeness (QED) is 0.198. The van der Waals surface area contributed by atoms with E-state index in [0.29, 0.717) is 32.3 Å². The summed E-state index contributed by atoms with van der Waals surface area (Å²) < 4.78 is 59.6. The van der Waals surface area contributed by atoms with Crippen molar-refractivity contribution in [1.29, 1.82) is 0 Å². The minimum atomic E-state index is -3.92. The van der Waals surface area contributed by atoms with E-state index in [0.717, 1.165) is 12.5 Å². The summed E-state index contributed by atoms with van der Waals surface area (Å²) in [6.45, 7) is 0. The van der Waals surface area contributed by atoms with Gasteiger partial charge in [-0.3, -0.25) is 0 Å². The number of fused-ring (bicyclic) bond motifs is 2. The fourth-order valence-electron chi connectivity index (χ4n) is 3.74. The van der Waals surface area contributed by atoms with Gasteiger partial charge in [-0.1, -0.05) is 0 Å². The van der Waals surface area contributed by atoms with Crippen LogP contribution in [0.3, 0.4) is 0 Å². The number of rotatable bonds is 5. The van der Waals surface area contributed by atoms with Crippen LogP contribution < -0.4 is 8.37 Å². The predicted molar refractivity (Wildman–Crippen MR) is 159 cm³/mol. The summed E-state index contributed by atoms with van der Waals surface area (Å²) in [7, 11) is -7.68. The van der Waals surface area contributed by atoms with Gasteiger partial charge in [-0.15, -0.1) is 0 Å². The maximum Gasteiger partial charge on any atom is 0.306 e. The minimum absolute atomic E-state index is 0.00125. The lowest BCUT2D eigenvalue weighted by Crippen LogP contribution is -2.07. The van der Waals surface area contributed by atoms with Gasteiger partial charge < -0.3 is 18.6 Å². The van der Waals surface area contributed by atoms with Gasteiger partial charge in [0.2, 0.25) is 0 Å². The number of phenolic OH excluding ortho intramolecular Hbond substituents is 2. The van der Waals surface area contributed by atoms with Crippen molar-refractivity contribution in [2.45, 2.75) is 0 Å². The Balaban J connectivity index is 2.16. The Morgan fingerprint density at radius 3 is 1.86 bits per heavy atom. The van der Waals surface area contributed by atoms with Crippen LogP contribution in [0.25, 0.3) is 32.7 Å². The summed E-state index contributed by atoms with van der Waals surface area (Å²) in [5.41, 5.74) is 0.399. The molecule has 8 nitrogen and oxygen atoms in total. The van der Waals surface area contributed by atoms with Gasteiger partial charge in [0, 0.05) is 32.6 Å². The van der Waals surface area contributed by atoms with Gasteiger partial charge in [0.25, 0.3) is 0 Å². The van der Waals surface area contributed by atoms with Crippen molar-refractivity contribution in [2.24, 2.45) is 0 Å². The number of hydrogen-bond acceptors (Lipinski definition) is 8. The summed E-state index contributed by atoms with van der Waals surface area (Å²) in [5, 5.41) is 24.0. The van der Waals surface area contributed by atoms with E-state index in [9.17, 15) is 27.0 Å². The highest BCUT2D eigenvalue weighted by atomic mass is 127. The van der Waals surface area contributed by atoms with Gasteiger partial charge in [0.1, 0.15) is 17.2 Å². The van der Waals surface area contributed by atoms with E-state index in [1.165, 1.54) is 30.3 Å². The SMILES string of the molecule is CS(=O)(=O)Oc1ccc2c(-c3c(O)cc(I)c4cc(I)cc(OS(C)(=O)=O)c34)c(O)cc(I)c2c1. The highest BCUT2D eigenvalue weighted by Crippen LogP contribution is 2.50. The molecule has 0 aromatic heterocycles. The molecule has 4 aromatic carbocycles. The van der Waals surface area contributed by atoms with Crippen LogP contribution in [0, 0.1) is 10.7 Å². The van der Waals surface area contributed by atoms with Gasteiger partial charge in [-0.05, 0) is 121 Å². The van der Waals surface area contributed by atoms with Crippen LogP contribution in [0.4, 0.5) is 0 Å². The molecule has 0 aliphatic rings. The number of halogens is 3. The Kier molecular flexibility index (Phi) is 7.28. The van der Waals surface area contributed by atoms with Crippen LogP contribution in [0.15, 0.2) is 42.5 Å². The molecule has 0 unspecified atom stereocenters. The molecule has 4 rings (SSSR count). The molecule has 0 spiro atoms. The lowest BCUT2D eigenvalue weighted by atomic mass is 9.92. The third-order valence-corrected chi connectivity index (χ3v) is 8.26. The summed E-state index contributed by atoms with van der Waals surface area (Å²) in [6, 6.07) is 10.9. The molecule has 0 bridgehead atoms. The highest BCUT2D eigenvalue weighted by molar-refractivity contribution is 14.1. The predicted octanol–water partition coefficient (Wildman–Crippen LogP) is 5.56. The van der Waals surface area contributed by atoms with E-state index in [-0.39, 0.29) is 34.1 Å². The van der Waals surface area contributed by atoms with E-state index in [4.69, 9.17) is 8.37 Å². The lowest BCUT2D eigenvalue weighted by Gasteiger charge is -2.18. The molecular weight excluding hydrogens is 837 g/mol. The van der Waals surface area contributed by atoms with E-state index >= 15 is 0 Å². The molecule has 0 amide bonds. The first-order valence-corrected chi connectivity index (χ1v) is 16.4. The van der Waals surface area contributed by atoms with Crippen LogP contribution in [0.1, 0.15) is 0 Å². The van der Waals surface area contributed by atoms with E-state index in [2.05, 4.69) is 0 Å². The molecule has 2 N–H and O–H groups in total. The summed E-state index contributed by atoms with van der Waals surface area (Å²) in [6.07, 6.45) is 1.86. The van der Waals surface area contributed by atoms with Crippen LogP contribution in [-0.2, 0) is 20.2 Å². The maximum absolute atomic E-state index is 12.0. The second-order valence-corrected chi connectivity index (χ2v) is 14.3. The normalized spacial score (nSPS) is 12.3. The van der Waals surface area contributed by atoms with E-state index in [1.54, 1.807) is 6.07 Å². The van der Waals surface area contributed by atoms with E-state index in [1.807, 2.05) is 73.8 Å². The first kappa shape index (κ1) is 26.7. The van der Waals surface area contributed by atoms with Crippen molar-refractivity contribution in [3.05, 3.63) is 53.2 Å². The van der Waals surface area contributed by atoms with Crippen molar-refractivity contribution < 1.29 is 35.4 Å². The van der Waals surface area contributed by atoms with Crippen molar-refractivity contribution >= 4 is 110 Å². The molecule has 184 valence electrons. The van der Waals surface area contributed by atoms with Crippen LogP contribution in [-0.4, -0.2) is 39.6 Å². The molecule has 0 fully saturated rings. The Morgan fingerprint density at radius 1 is 0.686 bits per heavy atom. The largest absolute Gasteiger partial charge is 0.507 e. The van der Waals surface area contributed by atoms with Gasteiger partial charge >= 0.3 is 20.2 Å². The molecule has 35 heavy (non-hydrogen) atoms. The Bertz CT molecular complexity index is 1750. The number of phenols is 2. The van der Waals surface area contributed by atoms with Crippen molar-refractivity contribution in [2.75, 3.05) is 12.5 Å². The van der Waals surface area contributed by atoms with Gasteiger partial charge in [0.05, 0.1) is 12.5 Å². The monoisotopic (exact) mass is 852 g/mol.